The second kappa shape index (κ2) is 9.60. The van der Waals surface area contributed by atoms with Gasteiger partial charge >= 0.3 is 0 Å². The number of rotatable bonds is 6. The van der Waals surface area contributed by atoms with E-state index in [2.05, 4.69) is 10.4 Å². The van der Waals surface area contributed by atoms with Crippen molar-refractivity contribution in [1.29, 1.82) is 0 Å². The quantitative estimate of drug-likeness (QED) is 0.668. The van der Waals surface area contributed by atoms with E-state index in [-0.39, 0.29) is 23.8 Å². The summed E-state index contributed by atoms with van der Waals surface area (Å²) in [5.74, 6) is 0.00607. The number of piperidine rings is 1. The fourth-order valence-corrected chi connectivity index (χ4v) is 4.13. The summed E-state index contributed by atoms with van der Waals surface area (Å²) in [6.07, 6.45) is 4.99. The maximum atomic E-state index is 13.1. The average Bonchev–Trinajstić information content (AvgIpc) is 3.32. The number of nitrogens with one attached hydrogen (secondary N) is 1. The normalized spacial score (nSPS) is 15.5. The zero-order valence-electron chi connectivity index (χ0n) is 17.8. The van der Waals surface area contributed by atoms with Crippen molar-refractivity contribution in [2.24, 2.45) is 5.92 Å². The van der Waals surface area contributed by atoms with E-state index in [9.17, 15) is 9.59 Å². The van der Waals surface area contributed by atoms with Crippen LogP contribution in [0.2, 0.25) is 0 Å². The van der Waals surface area contributed by atoms with E-state index in [1.165, 1.54) is 0 Å². The van der Waals surface area contributed by atoms with Gasteiger partial charge in [0.15, 0.2) is 0 Å². The van der Waals surface area contributed by atoms with Crippen LogP contribution in [0.15, 0.2) is 73.1 Å². The lowest BCUT2D eigenvalue weighted by atomic mass is 9.94. The Hall–Kier alpha value is -3.41. The van der Waals surface area contributed by atoms with Gasteiger partial charge in [0.05, 0.1) is 12.6 Å². The van der Waals surface area contributed by atoms with E-state index in [4.69, 9.17) is 0 Å². The molecule has 1 atom stereocenters. The predicted molar refractivity (Wildman–Crippen MR) is 119 cm³/mol. The van der Waals surface area contributed by atoms with E-state index in [0.29, 0.717) is 32.5 Å². The molecule has 1 fully saturated rings. The third kappa shape index (κ3) is 5.02. The standard InChI is InChI=1S/C25H28N4O2/c1-19-8-5-6-11-22(19)25(31)28-16-12-21(13-17-28)24(30)27-23(18-29-15-7-14-26-29)20-9-3-2-4-10-20/h2-11,14-15,21,23H,12-13,16-18H2,1H3,(H,27,30). The lowest BCUT2D eigenvalue weighted by Gasteiger charge is -2.32. The molecule has 0 radical (unpaired) electrons. The Bertz CT molecular complexity index is 1010. The highest BCUT2D eigenvalue weighted by molar-refractivity contribution is 5.95. The molecule has 6 heteroatoms. The monoisotopic (exact) mass is 416 g/mol. The molecule has 160 valence electrons. The molecule has 6 nitrogen and oxygen atoms in total. The first-order valence-electron chi connectivity index (χ1n) is 10.8. The fourth-order valence-electron chi connectivity index (χ4n) is 4.13. The highest BCUT2D eigenvalue weighted by Gasteiger charge is 2.29. The smallest absolute Gasteiger partial charge is 0.254 e. The van der Waals surface area contributed by atoms with Gasteiger partial charge in [0.1, 0.15) is 0 Å². The minimum atomic E-state index is -0.153. The zero-order valence-corrected chi connectivity index (χ0v) is 17.8. The van der Waals surface area contributed by atoms with Crippen molar-refractivity contribution < 1.29 is 9.59 Å². The first-order valence-corrected chi connectivity index (χ1v) is 10.8. The number of carbonyl (C=O) groups excluding carboxylic acids is 2. The molecular formula is C25H28N4O2. The summed E-state index contributed by atoms with van der Waals surface area (Å²) in [5, 5.41) is 7.51. The first kappa shape index (κ1) is 20.8. The molecule has 1 saturated heterocycles. The molecule has 4 rings (SSSR count). The number of likely N-dealkylation sites (tertiary alicyclic amines) is 1. The summed E-state index contributed by atoms with van der Waals surface area (Å²) in [6, 6.07) is 19.4. The number of carbonyl (C=O) groups is 2. The van der Waals surface area contributed by atoms with Crippen LogP contribution in [-0.2, 0) is 11.3 Å². The van der Waals surface area contributed by atoms with Crippen molar-refractivity contribution in [3.8, 4) is 0 Å². The number of aryl methyl sites for hydroxylation is 1. The number of nitrogens with zero attached hydrogens (tertiary/aromatic N) is 3. The molecule has 1 unspecified atom stereocenters. The Labute approximate surface area is 182 Å². The molecule has 1 aliphatic rings. The number of hydrogen-bond donors (Lipinski definition) is 1. The van der Waals surface area contributed by atoms with Crippen LogP contribution in [-0.4, -0.2) is 39.6 Å². The fraction of sp³-hybridized carbons (Fsp3) is 0.320. The van der Waals surface area contributed by atoms with Crippen molar-refractivity contribution in [1.82, 2.24) is 20.0 Å². The van der Waals surface area contributed by atoms with Gasteiger partial charge in [-0.1, -0.05) is 48.5 Å². The Morgan fingerprint density at radius 1 is 1.03 bits per heavy atom. The number of hydrogen-bond acceptors (Lipinski definition) is 3. The maximum absolute atomic E-state index is 13.1. The predicted octanol–water partition coefficient (Wildman–Crippen LogP) is 3.60. The Morgan fingerprint density at radius 2 is 1.74 bits per heavy atom. The highest BCUT2D eigenvalue weighted by atomic mass is 16.2. The molecule has 2 amide bonds. The van der Waals surface area contributed by atoms with E-state index in [1.807, 2.05) is 83.4 Å². The molecule has 1 aromatic heterocycles. The SMILES string of the molecule is Cc1ccccc1C(=O)N1CCC(C(=O)NC(Cn2cccn2)c2ccccc2)CC1. The zero-order chi connectivity index (χ0) is 21.6. The first-order chi connectivity index (χ1) is 15.1. The van der Waals surface area contributed by atoms with Gasteiger partial charge in [-0.2, -0.15) is 5.10 Å². The van der Waals surface area contributed by atoms with Crippen molar-refractivity contribution in [2.45, 2.75) is 32.4 Å². The summed E-state index contributed by atoms with van der Waals surface area (Å²) in [7, 11) is 0. The summed E-state index contributed by atoms with van der Waals surface area (Å²) in [5.41, 5.74) is 2.78. The van der Waals surface area contributed by atoms with E-state index in [1.54, 1.807) is 6.20 Å². The largest absolute Gasteiger partial charge is 0.347 e. The highest BCUT2D eigenvalue weighted by Crippen LogP contribution is 2.22. The Kier molecular flexibility index (Phi) is 6.46. The van der Waals surface area contributed by atoms with Gasteiger partial charge in [-0.3, -0.25) is 14.3 Å². The average molecular weight is 417 g/mol. The Morgan fingerprint density at radius 3 is 2.42 bits per heavy atom. The van der Waals surface area contributed by atoms with Gasteiger partial charge in [0, 0.05) is 37.0 Å². The van der Waals surface area contributed by atoms with Gasteiger partial charge in [-0.05, 0) is 43.0 Å². The minimum absolute atomic E-state index is 0.0454. The third-order valence-electron chi connectivity index (χ3n) is 5.98. The molecule has 0 saturated carbocycles. The molecule has 0 bridgehead atoms. The van der Waals surface area contributed by atoms with Crippen molar-refractivity contribution in [2.75, 3.05) is 13.1 Å². The number of amides is 2. The van der Waals surface area contributed by atoms with Crippen molar-refractivity contribution in [3.63, 3.8) is 0 Å². The van der Waals surface area contributed by atoms with Crippen LogP contribution in [0.5, 0.6) is 0 Å². The number of aromatic nitrogens is 2. The topological polar surface area (TPSA) is 67.2 Å². The van der Waals surface area contributed by atoms with Gasteiger partial charge in [0.2, 0.25) is 5.91 Å². The van der Waals surface area contributed by atoms with E-state index in [0.717, 1.165) is 16.7 Å². The summed E-state index contributed by atoms with van der Waals surface area (Å²) in [4.78, 5) is 27.8. The number of benzene rings is 2. The van der Waals surface area contributed by atoms with Crippen LogP contribution in [0.3, 0.4) is 0 Å². The molecule has 2 aromatic carbocycles. The molecule has 2 heterocycles. The second-order valence-electron chi connectivity index (χ2n) is 8.08. The van der Waals surface area contributed by atoms with Gasteiger partial charge in [-0.25, -0.2) is 0 Å². The second-order valence-corrected chi connectivity index (χ2v) is 8.08. The lowest BCUT2D eigenvalue weighted by molar-refractivity contribution is -0.127. The van der Waals surface area contributed by atoms with Gasteiger partial charge < -0.3 is 10.2 Å². The van der Waals surface area contributed by atoms with E-state index >= 15 is 0 Å². The Balaban J connectivity index is 1.38. The lowest BCUT2D eigenvalue weighted by Crippen LogP contribution is -2.44. The van der Waals surface area contributed by atoms with Crippen LogP contribution < -0.4 is 5.32 Å². The van der Waals surface area contributed by atoms with Crippen LogP contribution in [0.4, 0.5) is 0 Å². The molecule has 1 N–H and O–H groups in total. The van der Waals surface area contributed by atoms with Crippen LogP contribution in [0.25, 0.3) is 0 Å². The molecule has 3 aromatic rings. The molecule has 0 spiro atoms. The van der Waals surface area contributed by atoms with Crippen LogP contribution in [0, 0.1) is 12.8 Å². The van der Waals surface area contributed by atoms with Gasteiger partial charge in [-0.15, -0.1) is 0 Å². The molecule has 0 aliphatic carbocycles. The van der Waals surface area contributed by atoms with Crippen molar-refractivity contribution in [3.05, 3.63) is 89.7 Å². The minimum Gasteiger partial charge on any atom is -0.347 e. The van der Waals surface area contributed by atoms with Crippen LogP contribution in [0.1, 0.15) is 40.4 Å². The summed E-state index contributed by atoms with van der Waals surface area (Å²) in [6.45, 7) is 3.73. The third-order valence-corrected chi connectivity index (χ3v) is 5.98. The molecule has 1 aliphatic heterocycles. The van der Waals surface area contributed by atoms with Crippen molar-refractivity contribution >= 4 is 11.8 Å². The van der Waals surface area contributed by atoms with Crippen LogP contribution >= 0.6 is 0 Å². The van der Waals surface area contributed by atoms with Gasteiger partial charge in [0.25, 0.3) is 5.91 Å². The van der Waals surface area contributed by atoms with E-state index < -0.39 is 0 Å². The maximum Gasteiger partial charge on any atom is 0.254 e. The molecule has 31 heavy (non-hydrogen) atoms. The summed E-state index contributed by atoms with van der Waals surface area (Å²) >= 11 is 0. The molecular weight excluding hydrogens is 388 g/mol. The summed E-state index contributed by atoms with van der Waals surface area (Å²) < 4.78 is 1.83.